The second-order valence-corrected chi connectivity index (χ2v) is 8.15. The lowest BCUT2D eigenvalue weighted by Gasteiger charge is -2.33. The number of aromatic nitrogens is 4. The number of pyridine rings is 1. The van der Waals surface area contributed by atoms with Gasteiger partial charge in [0.05, 0.1) is 19.0 Å². The number of fused-ring (bicyclic) bond motifs is 1. The van der Waals surface area contributed by atoms with Gasteiger partial charge in [-0.15, -0.1) is 0 Å². The third-order valence-electron chi connectivity index (χ3n) is 6.18. The van der Waals surface area contributed by atoms with Gasteiger partial charge in [0, 0.05) is 38.4 Å². The van der Waals surface area contributed by atoms with Crippen molar-refractivity contribution < 1.29 is 19.0 Å². The number of anilines is 1. The molecule has 176 valence electrons. The third-order valence-corrected chi connectivity index (χ3v) is 6.18. The quantitative estimate of drug-likeness (QED) is 0.516. The number of halogens is 1. The first kappa shape index (κ1) is 22.9. The molecule has 4 heterocycles. The number of likely N-dealkylation sites (N-methyl/N-ethyl adjacent to an activating group) is 1. The van der Waals surface area contributed by atoms with E-state index in [-0.39, 0.29) is 17.7 Å². The SMILES string of the molecule is CC(C1CCOCC1)n1c(C(=O)N(C)C(CO)Nc2ccc(F)cn2)cc(=O)n2nccc12. The number of hydrogen-bond donors (Lipinski definition) is 2. The molecule has 2 unspecified atom stereocenters. The largest absolute Gasteiger partial charge is 0.392 e. The zero-order valence-corrected chi connectivity index (χ0v) is 18.5. The first-order chi connectivity index (χ1) is 15.9. The van der Waals surface area contributed by atoms with Crippen LogP contribution in [0.5, 0.6) is 0 Å². The van der Waals surface area contributed by atoms with Crippen molar-refractivity contribution in [1.29, 1.82) is 0 Å². The molecule has 1 aliphatic rings. The molecular weight excluding hydrogens is 431 g/mol. The molecule has 0 radical (unpaired) electrons. The fourth-order valence-electron chi connectivity index (χ4n) is 4.24. The molecule has 1 saturated heterocycles. The van der Waals surface area contributed by atoms with Crippen molar-refractivity contribution in [2.75, 3.05) is 32.2 Å². The lowest BCUT2D eigenvalue weighted by molar-refractivity contribution is 0.0500. The van der Waals surface area contributed by atoms with Crippen LogP contribution in [0.3, 0.4) is 0 Å². The van der Waals surface area contributed by atoms with Crippen LogP contribution in [0.25, 0.3) is 5.65 Å². The predicted octanol–water partition coefficient (Wildman–Crippen LogP) is 1.52. The smallest absolute Gasteiger partial charge is 0.275 e. The maximum atomic E-state index is 13.6. The van der Waals surface area contributed by atoms with Crippen molar-refractivity contribution in [3.8, 4) is 0 Å². The fourth-order valence-corrected chi connectivity index (χ4v) is 4.24. The van der Waals surface area contributed by atoms with Gasteiger partial charge < -0.3 is 24.6 Å². The number of rotatable bonds is 7. The summed E-state index contributed by atoms with van der Waals surface area (Å²) < 4.78 is 21.8. The molecule has 1 fully saturated rings. The van der Waals surface area contributed by atoms with Gasteiger partial charge in [-0.2, -0.15) is 9.61 Å². The summed E-state index contributed by atoms with van der Waals surface area (Å²) in [4.78, 5) is 31.5. The number of ether oxygens (including phenoxy) is 1. The summed E-state index contributed by atoms with van der Waals surface area (Å²) in [7, 11) is 1.52. The molecule has 0 aromatic carbocycles. The minimum Gasteiger partial charge on any atom is -0.392 e. The van der Waals surface area contributed by atoms with Gasteiger partial charge in [0.1, 0.15) is 29.1 Å². The molecule has 0 aliphatic carbocycles. The average molecular weight is 458 g/mol. The van der Waals surface area contributed by atoms with Gasteiger partial charge in [0.25, 0.3) is 11.5 Å². The Morgan fingerprint density at radius 3 is 2.79 bits per heavy atom. The molecule has 3 aromatic heterocycles. The molecule has 4 rings (SSSR count). The van der Waals surface area contributed by atoms with E-state index >= 15 is 0 Å². The van der Waals surface area contributed by atoms with Crippen molar-refractivity contribution in [2.45, 2.75) is 32.0 Å². The van der Waals surface area contributed by atoms with Crippen molar-refractivity contribution in [3.63, 3.8) is 0 Å². The molecule has 11 heteroatoms. The van der Waals surface area contributed by atoms with Crippen molar-refractivity contribution in [1.82, 2.24) is 24.1 Å². The lowest BCUT2D eigenvalue weighted by atomic mass is 9.92. The number of nitrogens with zero attached hydrogens (tertiary/aromatic N) is 5. The number of carbonyl (C=O) groups is 1. The first-order valence-corrected chi connectivity index (χ1v) is 10.8. The summed E-state index contributed by atoms with van der Waals surface area (Å²) in [6, 6.07) is 5.53. The van der Waals surface area contributed by atoms with Crippen LogP contribution >= 0.6 is 0 Å². The van der Waals surface area contributed by atoms with Gasteiger partial charge in [0.2, 0.25) is 0 Å². The van der Waals surface area contributed by atoms with Crippen LogP contribution in [0.15, 0.2) is 41.5 Å². The Balaban J connectivity index is 1.70. The van der Waals surface area contributed by atoms with Gasteiger partial charge in [0.15, 0.2) is 0 Å². The molecule has 3 aromatic rings. The van der Waals surface area contributed by atoms with Gasteiger partial charge in [-0.25, -0.2) is 9.37 Å². The fraction of sp³-hybridized carbons (Fsp3) is 0.455. The highest BCUT2D eigenvalue weighted by atomic mass is 19.1. The van der Waals surface area contributed by atoms with Gasteiger partial charge in [-0.1, -0.05) is 0 Å². The van der Waals surface area contributed by atoms with Gasteiger partial charge >= 0.3 is 0 Å². The van der Waals surface area contributed by atoms with Crippen LogP contribution in [0, 0.1) is 11.7 Å². The molecule has 0 saturated carbocycles. The minimum atomic E-state index is -0.849. The zero-order valence-electron chi connectivity index (χ0n) is 18.5. The highest BCUT2D eigenvalue weighted by molar-refractivity contribution is 5.93. The molecule has 10 nitrogen and oxygen atoms in total. The summed E-state index contributed by atoms with van der Waals surface area (Å²) in [6.45, 7) is 2.90. The van der Waals surface area contributed by atoms with E-state index in [1.165, 1.54) is 40.9 Å². The molecule has 2 N–H and O–H groups in total. The molecular formula is C22H27FN6O4. The van der Waals surface area contributed by atoms with E-state index in [1.54, 1.807) is 6.07 Å². The van der Waals surface area contributed by atoms with E-state index < -0.39 is 30.1 Å². The molecule has 1 aliphatic heterocycles. The minimum absolute atomic E-state index is 0.0969. The van der Waals surface area contributed by atoms with E-state index in [9.17, 15) is 19.1 Å². The number of nitrogens with one attached hydrogen (secondary N) is 1. The molecule has 33 heavy (non-hydrogen) atoms. The Morgan fingerprint density at radius 2 is 2.12 bits per heavy atom. The number of carbonyl (C=O) groups excluding carboxylic acids is 1. The molecule has 2 atom stereocenters. The topological polar surface area (TPSA) is 114 Å². The van der Waals surface area contributed by atoms with Crippen molar-refractivity contribution >= 4 is 17.4 Å². The highest BCUT2D eigenvalue weighted by Crippen LogP contribution is 2.30. The van der Waals surface area contributed by atoms with E-state index in [2.05, 4.69) is 15.4 Å². The first-order valence-electron chi connectivity index (χ1n) is 10.8. The number of aliphatic hydroxyl groups is 1. The van der Waals surface area contributed by atoms with E-state index in [1.807, 2.05) is 11.5 Å². The number of amides is 1. The van der Waals surface area contributed by atoms with E-state index in [4.69, 9.17) is 4.74 Å². The van der Waals surface area contributed by atoms with Crippen LogP contribution in [0.1, 0.15) is 36.3 Å². The normalized spacial score (nSPS) is 16.5. The van der Waals surface area contributed by atoms with E-state index in [0.717, 1.165) is 19.0 Å². The van der Waals surface area contributed by atoms with Crippen LogP contribution in [0.4, 0.5) is 10.2 Å². The molecule has 1 amide bonds. The molecule has 0 bridgehead atoms. The van der Waals surface area contributed by atoms with Gasteiger partial charge in [-0.05, 0) is 37.8 Å². The molecule has 0 spiro atoms. The average Bonchev–Trinajstić information content (AvgIpc) is 3.33. The maximum Gasteiger partial charge on any atom is 0.275 e. The van der Waals surface area contributed by atoms with Crippen LogP contribution in [-0.4, -0.2) is 68.1 Å². The zero-order chi connectivity index (χ0) is 23.5. The van der Waals surface area contributed by atoms with Gasteiger partial charge in [-0.3, -0.25) is 9.59 Å². The standard InChI is InChI=1S/C22H27FN6O4/c1-14(15-6-9-33-10-7-15)28-17(11-21(31)29-20(28)5-8-25-29)22(32)27(2)19(13-30)26-18-4-3-16(23)12-24-18/h3-5,8,11-12,14-15,19,30H,6-7,9-10,13H2,1-2H3,(H,24,26). The number of hydrogen-bond acceptors (Lipinski definition) is 7. The monoisotopic (exact) mass is 458 g/mol. The maximum absolute atomic E-state index is 13.6. The highest BCUT2D eigenvalue weighted by Gasteiger charge is 2.30. The predicted molar refractivity (Wildman–Crippen MR) is 118 cm³/mol. The van der Waals surface area contributed by atoms with Crippen molar-refractivity contribution in [3.05, 3.63) is 58.5 Å². The summed E-state index contributed by atoms with van der Waals surface area (Å²) in [5.41, 5.74) is 0.296. The second kappa shape index (κ2) is 9.67. The third kappa shape index (κ3) is 4.60. The Hall–Kier alpha value is -3.31. The Morgan fingerprint density at radius 1 is 1.36 bits per heavy atom. The summed E-state index contributed by atoms with van der Waals surface area (Å²) >= 11 is 0. The van der Waals surface area contributed by atoms with Crippen LogP contribution in [-0.2, 0) is 4.74 Å². The summed E-state index contributed by atoms with van der Waals surface area (Å²) in [6.07, 6.45) is 3.40. The summed E-state index contributed by atoms with van der Waals surface area (Å²) in [5.74, 6) is -0.393. The Bertz CT molecular complexity index is 1170. The van der Waals surface area contributed by atoms with Crippen LogP contribution in [0.2, 0.25) is 0 Å². The Kier molecular flexibility index (Phi) is 6.70. The summed E-state index contributed by atoms with van der Waals surface area (Å²) in [5, 5.41) is 17.0. The second-order valence-electron chi connectivity index (χ2n) is 8.15. The lowest BCUT2D eigenvalue weighted by Crippen LogP contribution is -2.46. The van der Waals surface area contributed by atoms with E-state index in [0.29, 0.717) is 24.7 Å². The number of aliphatic hydroxyl groups excluding tert-OH is 1. The van der Waals surface area contributed by atoms with Crippen molar-refractivity contribution in [2.24, 2.45) is 5.92 Å². The van der Waals surface area contributed by atoms with Crippen LogP contribution < -0.4 is 10.9 Å². The Labute approximate surface area is 189 Å².